The van der Waals surface area contributed by atoms with Crippen molar-refractivity contribution in [2.24, 2.45) is 7.05 Å². The molecule has 0 amide bonds. The summed E-state index contributed by atoms with van der Waals surface area (Å²) < 4.78 is 2.10. The van der Waals surface area contributed by atoms with Crippen LogP contribution >= 0.6 is 0 Å². The van der Waals surface area contributed by atoms with E-state index in [1.54, 1.807) is 0 Å². The standard InChI is InChI=1S/C12H16N4/c1-15-9-11(16-7-5-13-6-8-16)10-3-2-4-14-12(10)15/h2-4,9,13H,5-8H2,1H3. The second kappa shape index (κ2) is 3.79. The van der Waals surface area contributed by atoms with Gasteiger partial charge in [0, 0.05) is 51.0 Å². The molecule has 3 rings (SSSR count). The summed E-state index contributed by atoms with van der Waals surface area (Å²) >= 11 is 0. The monoisotopic (exact) mass is 216 g/mol. The molecule has 1 aliphatic rings. The van der Waals surface area contributed by atoms with Crippen molar-refractivity contribution in [1.82, 2.24) is 14.9 Å². The first kappa shape index (κ1) is 9.66. The summed E-state index contributed by atoms with van der Waals surface area (Å²) in [6, 6.07) is 4.16. The number of nitrogens with zero attached hydrogens (tertiary/aromatic N) is 3. The zero-order chi connectivity index (χ0) is 11.0. The minimum atomic E-state index is 1.07. The highest BCUT2D eigenvalue weighted by Gasteiger charge is 2.15. The molecule has 2 aromatic heterocycles. The normalized spacial score (nSPS) is 16.9. The van der Waals surface area contributed by atoms with Gasteiger partial charge in [0.2, 0.25) is 0 Å². The molecule has 16 heavy (non-hydrogen) atoms. The van der Waals surface area contributed by atoms with Crippen LogP contribution in [0.25, 0.3) is 11.0 Å². The number of pyridine rings is 1. The van der Waals surface area contributed by atoms with Gasteiger partial charge in [-0.05, 0) is 12.1 Å². The molecule has 0 aliphatic carbocycles. The Labute approximate surface area is 94.9 Å². The molecular formula is C12H16N4. The minimum absolute atomic E-state index is 1.07. The fraction of sp³-hybridized carbons (Fsp3) is 0.417. The number of aromatic nitrogens is 2. The number of rotatable bonds is 1. The van der Waals surface area contributed by atoms with Crippen LogP contribution in [0.2, 0.25) is 0 Å². The molecule has 3 heterocycles. The summed E-state index contributed by atoms with van der Waals surface area (Å²) in [6.07, 6.45) is 4.03. The van der Waals surface area contributed by atoms with Crippen LogP contribution in [0.5, 0.6) is 0 Å². The molecule has 1 fully saturated rings. The van der Waals surface area contributed by atoms with E-state index in [1.165, 1.54) is 11.1 Å². The first-order valence-electron chi connectivity index (χ1n) is 5.72. The molecule has 4 heteroatoms. The Bertz CT molecular complexity index is 497. The molecule has 4 nitrogen and oxygen atoms in total. The molecule has 1 aliphatic heterocycles. The molecule has 0 saturated carbocycles. The fourth-order valence-electron chi connectivity index (χ4n) is 2.35. The van der Waals surface area contributed by atoms with Crippen molar-refractivity contribution in [1.29, 1.82) is 0 Å². The van der Waals surface area contributed by atoms with Gasteiger partial charge in [0.05, 0.1) is 5.69 Å². The van der Waals surface area contributed by atoms with Gasteiger partial charge >= 0.3 is 0 Å². The number of piperazine rings is 1. The molecule has 0 spiro atoms. The largest absolute Gasteiger partial charge is 0.367 e. The number of hydrogen-bond donors (Lipinski definition) is 1. The molecule has 1 N–H and O–H groups in total. The average Bonchev–Trinajstić information content (AvgIpc) is 2.69. The number of fused-ring (bicyclic) bond motifs is 1. The highest BCUT2D eigenvalue weighted by molar-refractivity contribution is 5.91. The number of anilines is 1. The second-order valence-electron chi connectivity index (χ2n) is 4.24. The maximum atomic E-state index is 4.42. The van der Waals surface area contributed by atoms with Gasteiger partial charge in [-0.1, -0.05) is 0 Å². The van der Waals surface area contributed by atoms with Crippen molar-refractivity contribution >= 4 is 16.7 Å². The van der Waals surface area contributed by atoms with E-state index in [0.29, 0.717) is 0 Å². The molecule has 0 atom stereocenters. The van der Waals surface area contributed by atoms with E-state index in [1.807, 2.05) is 12.3 Å². The number of aryl methyl sites for hydroxylation is 1. The highest BCUT2D eigenvalue weighted by atomic mass is 15.2. The molecule has 84 valence electrons. The Morgan fingerprint density at radius 1 is 1.31 bits per heavy atom. The van der Waals surface area contributed by atoms with Crippen LogP contribution in [0.1, 0.15) is 0 Å². The lowest BCUT2D eigenvalue weighted by atomic mass is 10.2. The number of hydrogen-bond acceptors (Lipinski definition) is 3. The third-order valence-electron chi connectivity index (χ3n) is 3.17. The van der Waals surface area contributed by atoms with E-state index in [4.69, 9.17) is 0 Å². The predicted octanol–water partition coefficient (Wildman–Crippen LogP) is 0.983. The van der Waals surface area contributed by atoms with Gasteiger partial charge in [-0.3, -0.25) is 0 Å². The quantitative estimate of drug-likeness (QED) is 0.771. The van der Waals surface area contributed by atoms with Gasteiger partial charge in [0.1, 0.15) is 5.65 Å². The fourth-order valence-corrected chi connectivity index (χ4v) is 2.35. The summed E-state index contributed by atoms with van der Waals surface area (Å²) in [6.45, 7) is 4.29. The van der Waals surface area contributed by atoms with E-state index in [9.17, 15) is 0 Å². The Morgan fingerprint density at radius 3 is 2.94 bits per heavy atom. The van der Waals surface area contributed by atoms with Gasteiger partial charge in [-0.25, -0.2) is 4.98 Å². The van der Waals surface area contributed by atoms with Crippen molar-refractivity contribution in [3.8, 4) is 0 Å². The van der Waals surface area contributed by atoms with Crippen molar-refractivity contribution in [3.63, 3.8) is 0 Å². The lowest BCUT2D eigenvalue weighted by Crippen LogP contribution is -2.43. The first-order chi connectivity index (χ1) is 7.86. The van der Waals surface area contributed by atoms with Gasteiger partial charge in [0.15, 0.2) is 0 Å². The zero-order valence-corrected chi connectivity index (χ0v) is 9.48. The van der Waals surface area contributed by atoms with Crippen LogP contribution < -0.4 is 10.2 Å². The molecule has 0 bridgehead atoms. The molecule has 1 saturated heterocycles. The summed E-state index contributed by atoms with van der Waals surface area (Å²) in [5.74, 6) is 0. The molecular weight excluding hydrogens is 200 g/mol. The van der Waals surface area contributed by atoms with E-state index < -0.39 is 0 Å². The smallest absolute Gasteiger partial charge is 0.141 e. The van der Waals surface area contributed by atoms with Gasteiger partial charge in [0.25, 0.3) is 0 Å². The van der Waals surface area contributed by atoms with E-state index >= 15 is 0 Å². The SMILES string of the molecule is Cn1cc(N2CCNCC2)c2cccnc21. The Kier molecular flexibility index (Phi) is 2.29. The summed E-state index contributed by atoms with van der Waals surface area (Å²) in [5.41, 5.74) is 2.38. The lowest BCUT2D eigenvalue weighted by molar-refractivity contribution is 0.590. The molecule has 0 radical (unpaired) electrons. The van der Waals surface area contributed by atoms with Crippen molar-refractivity contribution in [3.05, 3.63) is 24.5 Å². The van der Waals surface area contributed by atoms with Crippen molar-refractivity contribution < 1.29 is 0 Å². The lowest BCUT2D eigenvalue weighted by Gasteiger charge is -2.28. The van der Waals surface area contributed by atoms with Crippen LogP contribution in [0, 0.1) is 0 Å². The molecule has 0 aromatic carbocycles. The third kappa shape index (κ3) is 1.46. The van der Waals surface area contributed by atoms with Crippen molar-refractivity contribution in [2.45, 2.75) is 0 Å². The third-order valence-corrected chi connectivity index (χ3v) is 3.17. The van der Waals surface area contributed by atoms with Crippen LogP contribution in [-0.4, -0.2) is 35.7 Å². The number of nitrogens with one attached hydrogen (secondary N) is 1. The van der Waals surface area contributed by atoms with Gasteiger partial charge in [-0.2, -0.15) is 0 Å². The van der Waals surface area contributed by atoms with Gasteiger partial charge in [-0.15, -0.1) is 0 Å². The highest BCUT2D eigenvalue weighted by Crippen LogP contribution is 2.27. The van der Waals surface area contributed by atoms with Crippen LogP contribution in [0.15, 0.2) is 24.5 Å². The summed E-state index contributed by atoms with van der Waals surface area (Å²) in [4.78, 5) is 6.85. The maximum Gasteiger partial charge on any atom is 0.141 e. The maximum absolute atomic E-state index is 4.42. The Morgan fingerprint density at radius 2 is 2.12 bits per heavy atom. The molecule has 2 aromatic rings. The van der Waals surface area contributed by atoms with Crippen LogP contribution in [0.3, 0.4) is 0 Å². The van der Waals surface area contributed by atoms with E-state index in [2.05, 4.69) is 39.1 Å². The van der Waals surface area contributed by atoms with E-state index in [0.717, 1.165) is 31.8 Å². The topological polar surface area (TPSA) is 33.1 Å². The summed E-state index contributed by atoms with van der Waals surface area (Å²) in [5, 5.41) is 4.63. The second-order valence-corrected chi connectivity index (χ2v) is 4.24. The van der Waals surface area contributed by atoms with Crippen LogP contribution in [-0.2, 0) is 7.05 Å². The van der Waals surface area contributed by atoms with Crippen LogP contribution in [0.4, 0.5) is 5.69 Å². The minimum Gasteiger partial charge on any atom is -0.367 e. The average molecular weight is 216 g/mol. The predicted molar refractivity (Wildman–Crippen MR) is 65.8 cm³/mol. The molecule has 0 unspecified atom stereocenters. The summed E-state index contributed by atoms with van der Waals surface area (Å²) in [7, 11) is 2.06. The van der Waals surface area contributed by atoms with E-state index in [-0.39, 0.29) is 0 Å². The Balaban J connectivity index is 2.08. The van der Waals surface area contributed by atoms with Gasteiger partial charge < -0.3 is 14.8 Å². The zero-order valence-electron chi connectivity index (χ0n) is 9.48. The van der Waals surface area contributed by atoms with Crippen molar-refractivity contribution in [2.75, 3.05) is 31.1 Å². The first-order valence-corrected chi connectivity index (χ1v) is 5.72. The Hall–Kier alpha value is -1.55.